The van der Waals surface area contributed by atoms with Crippen molar-refractivity contribution >= 4 is 31.9 Å². The Morgan fingerprint density at radius 3 is 2.15 bits per heavy atom. The zero-order chi connectivity index (χ0) is 15.6. The fourth-order valence-corrected chi connectivity index (χ4v) is 2.99. The number of halogens is 2. The lowest BCUT2D eigenvalue weighted by molar-refractivity contribution is 0.273. The van der Waals surface area contributed by atoms with Crippen molar-refractivity contribution in [1.29, 1.82) is 0 Å². The first-order valence-electron chi connectivity index (χ1n) is 7.20. The van der Waals surface area contributed by atoms with Crippen molar-refractivity contribution in [3.63, 3.8) is 0 Å². The van der Waals surface area contributed by atoms with Crippen LogP contribution in [0.15, 0.2) is 21.1 Å². The number of hydrogen-bond acceptors (Lipinski definition) is 1. The summed E-state index contributed by atoms with van der Waals surface area (Å²) in [5.74, 6) is 0. The van der Waals surface area contributed by atoms with Crippen LogP contribution in [0, 0.1) is 12.3 Å². The van der Waals surface area contributed by atoms with E-state index in [-0.39, 0.29) is 5.54 Å². The molecule has 1 nitrogen and oxygen atoms in total. The van der Waals surface area contributed by atoms with Gasteiger partial charge in [0.15, 0.2) is 0 Å². The van der Waals surface area contributed by atoms with E-state index in [0.29, 0.717) is 5.41 Å². The molecule has 20 heavy (non-hydrogen) atoms. The first kappa shape index (κ1) is 18.2. The number of hydrogen-bond donors (Lipinski definition) is 1. The fraction of sp³-hybridized carbons (Fsp3) is 0.647. The molecule has 114 valence electrons. The molecule has 0 unspecified atom stereocenters. The molecular weight excluding hydrogens is 378 g/mol. The normalized spacial score (nSPS) is 12.8. The molecule has 1 rings (SSSR count). The van der Waals surface area contributed by atoms with Crippen LogP contribution in [0.3, 0.4) is 0 Å². The number of aryl methyl sites for hydroxylation is 2. The maximum absolute atomic E-state index is 3.68. The van der Waals surface area contributed by atoms with Gasteiger partial charge >= 0.3 is 0 Å². The summed E-state index contributed by atoms with van der Waals surface area (Å²) in [6, 6.07) is 4.44. The molecule has 1 aromatic carbocycles. The topological polar surface area (TPSA) is 12.0 Å². The molecule has 0 heterocycles. The van der Waals surface area contributed by atoms with Crippen molar-refractivity contribution in [2.24, 2.45) is 5.41 Å². The smallest absolute Gasteiger partial charge is 0.0210 e. The van der Waals surface area contributed by atoms with E-state index < -0.39 is 0 Å². The molecule has 3 heteroatoms. The summed E-state index contributed by atoms with van der Waals surface area (Å²) < 4.78 is 2.42. The van der Waals surface area contributed by atoms with E-state index in [4.69, 9.17) is 0 Å². The van der Waals surface area contributed by atoms with E-state index in [2.05, 4.69) is 90.9 Å². The highest BCUT2D eigenvalue weighted by atomic mass is 79.9. The minimum atomic E-state index is 0.185. The third kappa shape index (κ3) is 6.28. The maximum Gasteiger partial charge on any atom is 0.0210 e. The molecule has 0 aliphatic carbocycles. The Labute approximate surface area is 141 Å². The van der Waals surface area contributed by atoms with Gasteiger partial charge in [-0.15, -0.1) is 0 Å². The van der Waals surface area contributed by atoms with E-state index in [1.165, 1.54) is 26.5 Å². The predicted molar refractivity (Wildman–Crippen MR) is 96.4 cm³/mol. The molecule has 0 spiro atoms. The largest absolute Gasteiger partial charge is 0.312 e. The number of rotatable bonds is 5. The Kier molecular flexibility index (Phi) is 6.31. The molecule has 0 aliphatic heterocycles. The van der Waals surface area contributed by atoms with E-state index in [9.17, 15) is 0 Å². The molecule has 0 fully saturated rings. The van der Waals surface area contributed by atoms with Crippen LogP contribution in [0.1, 0.15) is 52.2 Å². The molecule has 1 N–H and O–H groups in total. The van der Waals surface area contributed by atoms with Gasteiger partial charge in [-0.1, -0.05) is 45.7 Å². The second-order valence-corrected chi connectivity index (χ2v) is 9.17. The zero-order valence-electron chi connectivity index (χ0n) is 13.5. The zero-order valence-corrected chi connectivity index (χ0v) is 16.7. The fourth-order valence-electron chi connectivity index (χ4n) is 1.94. The van der Waals surface area contributed by atoms with Gasteiger partial charge in [0.2, 0.25) is 0 Å². The first-order valence-corrected chi connectivity index (χ1v) is 8.78. The van der Waals surface area contributed by atoms with Gasteiger partial charge in [-0.05, 0) is 69.2 Å². The third-order valence-electron chi connectivity index (χ3n) is 3.50. The molecule has 0 saturated heterocycles. The lowest BCUT2D eigenvalue weighted by Gasteiger charge is -2.30. The van der Waals surface area contributed by atoms with Crippen molar-refractivity contribution in [2.75, 3.05) is 6.54 Å². The van der Waals surface area contributed by atoms with Crippen molar-refractivity contribution < 1.29 is 0 Å². The Hall–Kier alpha value is 0.140. The van der Waals surface area contributed by atoms with E-state index in [0.717, 1.165) is 13.0 Å². The highest BCUT2D eigenvalue weighted by molar-refractivity contribution is 9.11. The van der Waals surface area contributed by atoms with Gasteiger partial charge in [-0.2, -0.15) is 0 Å². The van der Waals surface area contributed by atoms with Crippen LogP contribution in [-0.4, -0.2) is 12.1 Å². The van der Waals surface area contributed by atoms with E-state index >= 15 is 0 Å². The molecule has 0 aromatic heterocycles. The van der Waals surface area contributed by atoms with Crippen LogP contribution >= 0.6 is 31.9 Å². The average molecular weight is 405 g/mol. The van der Waals surface area contributed by atoms with Crippen molar-refractivity contribution in [1.82, 2.24) is 5.32 Å². The second-order valence-electron chi connectivity index (χ2n) is 7.46. The summed E-state index contributed by atoms with van der Waals surface area (Å²) in [4.78, 5) is 0. The summed E-state index contributed by atoms with van der Waals surface area (Å²) in [7, 11) is 0. The predicted octanol–water partition coefficient (Wildman–Crippen LogP) is 5.87. The highest BCUT2D eigenvalue weighted by Gasteiger charge is 2.21. The summed E-state index contributed by atoms with van der Waals surface area (Å²) in [5.41, 5.74) is 3.13. The van der Waals surface area contributed by atoms with Crippen LogP contribution in [0.5, 0.6) is 0 Å². The Bertz CT molecular complexity index is 459. The van der Waals surface area contributed by atoms with E-state index in [1.54, 1.807) is 0 Å². The summed E-state index contributed by atoms with van der Waals surface area (Å²) in [6.07, 6.45) is 2.27. The Balaban J connectivity index is 2.64. The monoisotopic (exact) mass is 403 g/mol. The van der Waals surface area contributed by atoms with Crippen LogP contribution in [0.2, 0.25) is 0 Å². The van der Waals surface area contributed by atoms with E-state index in [1.807, 2.05) is 0 Å². The minimum Gasteiger partial charge on any atom is -0.312 e. The van der Waals surface area contributed by atoms with Gasteiger partial charge in [0.25, 0.3) is 0 Å². The molecule has 0 bridgehead atoms. The Morgan fingerprint density at radius 2 is 1.60 bits per heavy atom. The minimum absolute atomic E-state index is 0.185. The molecule has 0 aliphatic rings. The van der Waals surface area contributed by atoms with Gasteiger partial charge in [0.1, 0.15) is 0 Å². The average Bonchev–Trinajstić information content (AvgIpc) is 2.29. The van der Waals surface area contributed by atoms with Crippen LogP contribution < -0.4 is 5.32 Å². The first-order chi connectivity index (χ1) is 9.00. The molecule has 0 atom stereocenters. The van der Waals surface area contributed by atoms with Crippen molar-refractivity contribution in [2.45, 2.75) is 59.9 Å². The summed E-state index contributed by atoms with van der Waals surface area (Å²) in [5, 5.41) is 3.61. The number of nitrogens with one attached hydrogen (secondary N) is 1. The molecule has 1 aromatic rings. The third-order valence-corrected chi connectivity index (χ3v) is 5.09. The van der Waals surface area contributed by atoms with Gasteiger partial charge < -0.3 is 5.32 Å². The lowest BCUT2D eigenvalue weighted by Crippen LogP contribution is -2.42. The van der Waals surface area contributed by atoms with Gasteiger partial charge in [-0.3, -0.25) is 0 Å². The highest BCUT2D eigenvalue weighted by Crippen LogP contribution is 2.29. The number of benzene rings is 1. The quantitative estimate of drug-likeness (QED) is 0.647. The summed E-state index contributed by atoms with van der Waals surface area (Å²) in [6.45, 7) is 14.5. The maximum atomic E-state index is 3.68. The van der Waals surface area contributed by atoms with Crippen molar-refractivity contribution in [3.05, 3.63) is 32.2 Å². The van der Waals surface area contributed by atoms with Gasteiger partial charge in [-0.25, -0.2) is 0 Å². The standard InChI is InChI=1S/C17H27Br2N/c1-12-9-15(19)13(10-14(12)18)7-8-17(5,6)11-20-16(2,3)4/h9-10,20H,7-8,11H2,1-6H3. The van der Waals surface area contributed by atoms with Crippen molar-refractivity contribution in [3.8, 4) is 0 Å². The van der Waals surface area contributed by atoms with Gasteiger partial charge in [0, 0.05) is 21.0 Å². The summed E-state index contributed by atoms with van der Waals surface area (Å²) >= 11 is 7.31. The Morgan fingerprint density at radius 1 is 1.00 bits per heavy atom. The second kappa shape index (κ2) is 6.93. The van der Waals surface area contributed by atoms with Crippen LogP contribution in [0.4, 0.5) is 0 Å². The molecule has 0 saturated carbocycles. The molecular formula is C17H27Br2N. The van der Waals surface area contributed by atoms with Gasteiger partial charge in [0.05, 0.1) is 0 Å². The molecule has 0 radical (unpaired) electrons. The van der Waals surface area contributed by atoms with Crippen LogP contribution in [-0.2, 0) is 6.42 Å². The molecule has 0 amide bonds. The van der Waals surface area contributed by atoms with Crippen LogP contribution in [0.25, 0.3) is 0 Å². The lowest BCUT2D eigenvalue weighted by atomic mass is 9.85. The SMILES string of the molecule is Cc1cc(Br)c(CCC(C)(C)CNC(C)(C)C)cc1Br.